The number of carbonyl (C=O) groups excluding carboxylic acids is 1. The van der Waals surface area contributed by atoms with Gasteiger partial charge in [0, 0.05) is 19.2 Å². The van der Waals surface area contributed by atoms with Crippen LogP contribution in [0.1, 0.15) is 12.5 Å². The van der Waals surface area contributed by atoms with Crippen molar-refractivity contribution in [3.05, 3.63) is 23.8 Å². The molecule has 0 aromatic heterocycles. The van der Waals surface area contributed by atoms with Gasteiger partial charge >= 0.3 is 7.12 Å². The first-order valence-corrected chi connectivity index (χ1v) is 4.86. The maximum Gasteiger partial charge on any atom is 0.488 e. The summed E-state index contributed by atoms with van der Waals surface area (Å²) >= 11 is 0. The summed E-state index contributed by atoms with van der Waals surface area (Å²) in [5.41, 5.74) is 2.30. The fourth-order valence-corrected chi connectivity index (χ4v) is 1.88. The first-order chi connectivity index (χ1) is 7.09. The lowest BCUT2D eigenvalue weighted by Crippen LogP contribution is -2.31. The molecule has 5 heteroatoms. The number of fused-ring (bicyclic) bond motifs is 1. The van der Waals surface area contributed by atoms with Crippen molar-refractivity contribution in [3.8, 4) is 0 Å². The van der Waals surface area contributed by atoms with Crippen LogP contribution in [-0.2, 0) is 11.2 Å². The molecular formula is C10H12BNO3. The zero-order chi connectivity index (χ0) is 11.0. The van der Waals surface area contributed by atoms with Crippen LogP contribution in [0.25, 0.3) is 0 Å². The molecule has 0 spiro atoms. The Bertz CT molecular complexity index is 406. The van der Waals surface area contributed by atoms with Gasteiger partial charge < -0.3 is 14.9 Å². The van der Waals surface area contributed by atoms with Gasteiger partial charge in [0.25, 0.3) is 0 Å². The van der Waals surface area contributed by atoms with E-state index >= 15 is 0 Å². The highest BCUT2D eigenvalue weighted by Gasteiger charge is 2.24. The van der Waals surface area contributed by atoms with Crippen molar-refractivity contribution < 1.29 is 14.8 Å². The molecule has 78 valence electrons. The van der Waals surface area contributed by atoms with E-state index in [4.69, 9.17) is 10.0 Å². The monoisotopic (exact) mass is 205 g/mol. The molecule has 1 aromatic carbocycles. The van der Waals surface area contributed by atoms with E-state index in [0.29, 0.717) is 12.0 Å². The average molecular weight is 205 g/mol. The van der Waals surface area contributed by atoms with Gasteiger partial charge in [-0.05, 0) is 23.5 Å². The summed E-state index contributed by atoms with van der Waals surface area (Å²) in [6.07, 6.45) is 0.830. The van der Waals surface area contributed by atoms with Crippen molar-refractivity contribution in [2.45, 2.75) is 13.3 Å². The van der Waals surface area contributed by atoms with Gasteiger partial charge in [-0.1, -0.05) is 12.1 Å². The third-order valence-corrected chi connectivity index (χ3v) is 2.68. The molecule has 0 atom stereocenters. The molecule has 2 N–H and O–H groups in total. The highest BCUT2D eigenvalue weighted by Crippen LogP contribution is 2.26. The molecule has 2 rings (SSSR count). The van der Waals surface area contributed by atoms with Crippen molar-refractivity contribution in [1.29, 1.82) is 0 Å². The quantitative estimate of drug-likeness (QED) is 0.594. The van der Waals surface area contributed by atoms with Crippen LogP contribution in [0.5, 0.6) is 0 Å². The van der Waals surface area contributed by atoms with Crippen molar-refractivity contribution in [2.75, 3.05) is 11.4 Å². The van der Waals surface area contributed by atoms with E-state index < -0.39 is 7.12 Å². The Balaban J connectivity index is 2.42. The van der Waals surface area contributed by atoms with Gasteiger partial charge in [0.1, 0.15) is 0 Å². The smallest absolute Gasteiger partial charge is 0.423 e. The second-order valence-corrected chi connectivity index (χ2v) is 3.68. The van der Waals surface area contributed by atoms with E-state index in [2.05, 4.69) is 0 Å². The van der Waals surface area contributed by atoms with Gasteiger partial charge in [-0.3, -0.25) is 4.79 Å². The maximum absolute atomic E-state index is 11.3. The first kappa shape index (κ1) is 10.2. The van der Waals surface area contributed by atoms with Gasteiger partial charge in [0.05, 0.1) is 0 Å². The minimum Gasteiger partial charge on any atom is -0.423 e. The van der Waals surface area contributed by atoms with Crippen LogP contribution in [0.3, 0.4) is 0 Å². The molecule has 0 unspecified atom stereocenters. The first-order valence-electron chi connectivity index (χ1n) is 4.86. The predicted octanol–water partition coefficient (Wildman–Crippen LogP) is -0.725. The van der Waals surface area contributed by atoms with Gasteiger partial charge in [-0.2, -0.15) is 0 Å². The Hall–Kier alpha value is -1.33. The molecule has 1 aromatic rings. The molecule has 0 aliphatic carbocycles. The van der Waals surface area contributed by atoms with E-state index in [0.717, 1.165) is 17.7 Å². The summed E-state index contributed by atoms with van der Waals surface area (Å²) in [5, 5.41) is 18.1. The second-order valence-electron chi connectivity index (χ2n) is 3.68. The maximum atomic E-state index is 11.3. The standard InChI is InChI=1S/C10H12BNO3/c1-7(13)12-5-4-8-2-3-9(11(14)15)6-10(8)12/h2-3,6,14-15H,4-5H2,1H3. The van der Waals surface area contributed by atoms with Crippen LogP contribution < -0.4 is 10.4 Å². The second kappa shape index (κ2) is 3.68. The van der Waals surface area contributed by atoms with Gasteiger partial charge in [0.2, 0.25) is 5.91 Å². The summed E-state index contributed by atoms with van der Waals surface area (Å²) < 4.78 is 0. The molecule has 0 saturated heterocycles. The SMILES string of the molecule is CC(=O)N1CCc2ccc(B(O)O)cc21. The molecule has 1 heterocycles. The fraction of sp³-hybridized carbons (Fsp3) is 0.300. The van der Waals surface area contributed by atoms with Crippen molar-refractivity contribution in [3.63, 3.8) is 0 Å². The van der Waals surface area contributed by atoms with Crippen LogP contribution in [0.15, 0.2) is 18.2 Å². The topological polar surface area (TPSA) is 60.8 Å². The van der Waals surface area contributed by atoms with Gasteiger partial charge in [-0.15, -0.1) is 0 Å². The van der Waals surface area contributed by atoms with Crippen molar-refractivity contribution in [1.82, 2.24) is 0 Å². The third-order valence-electron chi connectivity index (χ3n) is 2.68. The van der Waals surface area contributed by atoms with Crippen LogP contribution in [0.4, 0.5) is 5.69 Å². The molecule has 15 heavy (non-hydrogen) atoms. The number of anilines is 1. The lowest BCUT2D eigenvalue weighted by molar-refractivity contribution is -0.116. The molecule has 1 aliphatic rings. The van der Waals surface area contributed by atoms with E-state index in [1.165, 1.54) is 6.92 Å². The van der Waals surface area contributed by atoms with Gasteiger partial charge in [-0.25, -0.2) is 0 Å². The number of nitrogens with zero attached hydrogens (tertiary/aromatic N) is 1. The summed E-state index contributed by atoms with van der Waals surface area (Å²) in [6.45, 7) is 2.19. The Morgan fingerprint density at radius 3 is 2.80 bits per heavy atom. The number of amides is 1. The Morgan fingerprint density at radius 2 is 2.20 bits per heavy atom. The minimum absolute atomic E-state index is 0.0154. The van der Waals surface area contributed by atoms with Gasteiger partial charge in [0.15, 0.2) is 0 Å². The van der Waals surface area contributed by atoms with Crippen molar-refractivity contribution in [2.24, 2.45) is 0 Å². The number of carbonyl (C=O) groups is 1. The zero-order valence-corrected chi connectivity index (χ0v) is 8.47. The zero-order valence-electron chi connectivity index (χ0n) is 8.47. The largest absolute Gasteiger partial charge is 0.488 e. The number of rotatable bonds is 1. The van der Waals surface area contributed by atoms with Crippen LogP contribution in [0.2, 0.25) is 0 Å². The van der Waals surface area contributed by atoms with Crippen LogP contribution >= 0.6 is 0 Å². The lowest BCUT2D eigenvalue weighted by atomic mass is 9.79. The predicted molar refractivity (Wildman–Crippen MR) is 58.0 cm³/mol. The minimum atomic E-state index is -1.48. The average Bonchev–Trinajstić information content (AvgIpc) is 2.59. The molecule has 0 saturated carbocycles. The summed E-state index contributed by atoms with van der Waals surface area (Å²) in [4.78, 5) is 12.9. The fourth-order valence-electron chi connectivity index (χ4n) is 1.88. The Labute approximate surface area is 88.3 Å². The molecule has 0 radical (unpaired) electrons. The molecule has 4 nitrogen and oxygen atoms in total. The molecule has 0 fully saturated rings. The normalized spacial score (nSPS) is 13.9. The molecule has 0 bridgehead atoms. The van der Waals surface area contributed by atoms with E-state index in [-0.39, 0.29) is 5.91 Å². The summed E-state index contributed by atoms with van der Waals surface area (Å²) in [5.74, 6) is -0.0154. The molecule has 1 aliphatic heterocycles. The highest BCUT2D eigenvalue weighted by molar-refractivity contribution is 6.58. The van der Waals surface area contributed by atoms with Crippen molar-refractivity contribution >= 4 is 24.2 Å². The molecular weight excluding hydrogens is 193 g/mol. The lowest BCUT2D eigenvalue weighted by Gasteiger charge is -2.15. The molecule has 1 amide bonds. The van der Waals surface area contributed by atoms with E-state index in [1.54, 1.807) is 17.0 Å². The Kier molecular flexibility index (Phi) is 2.50. The highest BCUT2D eigenvalue weighted by atomic mass is 16.4. The third kappa shape index (κ3) is 1.76. The number of hydrogen-bond donors (Lipinski definition) is 2. The van der Waals surface area contributed by atoms with Crippen LogP contribution in [-0.4, -0.2) is 29.6 Å². The number of benzene rings is 1. The summed E-state index contributed by atoms with van der Waals surface area (Å²) in [7, 11) is -1.48. The van der Waals surface area contributed by atoms with Crippen LogP contribution in [0, 0.1) is 0 Å². The summed E-state index contributed by atoms with van der Waals surface area (Å²) in [6, 6.07) is 5.18. The number of hydrogen-bond acceptors (Lipinski definition) is 3. The Morgan fingerprint density at radius 1 is 1.47 bits per heavy atom. The van der Waals surface area contributed by atoms with E-state index in [1.807, 2.05) is 6.07 Å². The van der Waals surface area contributed by atoms with E-state index in [9.17, 15) is 4.79 Å².